The van der Waals surface area contributed by atoms with Gasteiger partial charge in [-0.1, -0.05) is 5.16 Å². The van der Waals surface area contributed by atoms with Gasteiger partial charge in [-0.25, -0.2) is 0 Å². The Morgan fingerprint density at radius 1 is 1.21 bits per heavy atom. The van der Waals surface area contributed by atoms with Crippen molar-refractivity contribution in [3.05, 3.63) is 34.3 Å². The number of hydrogen-bond donors (Lipinski definition) is 0. The number of aromatic nitrogens is 3. The van der Waals surface area contributed by atoms with Gasteiger partial charge in [-0.2, -0.15) is 10.4 Å². The molecule has 8 heteroatoms. The predicted octanol–water partition coefficient (Wildman–Crippen LogP) is 1.22. The average molecular weight is 326 g/mol. The van der Waals surface area contributed by atoms with Gasteiger partial charge in [-0.15, -0.1) is 5.10 Å². The summed E-state index contributed by atoms with van der Waals surface area (Å²) in [6, 6.07) is 3.85. The van der Waals surface area contributed by atoms with Gasteiger partial charge >= 0.3 is 0 Å². The molecule has 3 heterocycles. The zero-order valence-corrected chi connectivity index (χ0v) is 13.9. The second-order valence-electron chi connectivity index (χ2n) is 5.83. The minimum atomic E-state index is -0.165. The normalized spacial score (nSPS) is 14.6. The highest BCUT2D eigenvalue weighted by Gasteiger charge is 2.27. The first kappa shape index (κ1) is 15.9. The van der Waals surface area contributed by atoms with Crippen molar-refractivity contribution in [2.45, 2.75) is 20.8 Å². The van der Waals surface area contributed by atoms with Gasteiger partial charge in [0.05, 0.1) is 11.4 Å². The number of nitriles is 1. The van der Waals surface area contributed by atoms with Crippen LogP contribution >= 0.6 is 0 Å². The number of carbonyl (C=O) groups is 1. The highest BCUT2D eigenvalue weighted by molar-refractivity contribution is 5.91. The van der Waals surface area contributed by atoms with Crippen LogP contribution in [0.1, 0.15) is 33.1 Å². The molecule has 24 heavy (non-hydrogen) atoms. The lowest BCUT2D eigenvalue weighted by molar-refractivity contribution is 0.0704. The van der Waals surface area contributed by atoms with Crippen LogP contribution in [-0.2, 0) is 0 Å². The van der Waals surface area contributed by atoms with Gasteiger partial charge in [0, 0.05) is 32.2 Å². The maximum Gasteiger partial charge on any atom is 0.292 e. The second-order valence-corrected chi connectivity index (χ2v) is 5.83. The monoisotopic (exact) mass is 326 g/mol. The molecule has 3 rings (SSSR count). The number of rotatable bonds is 2. The van der Waals surface area contributed by atoms with Crippen LogP contribution in [0.25, 0.3) is 0 Å². The molecule has 0 atom stereocenters. The Morgan fingerprint density at radius 3 is 2.50 bits per heavy atom. The molecule has 0 aliphatic carbocycles. The third kappa shape index (κ3) is 2.80. The molecule has 2 aromatic heterocycles. The molecule has 1 saturated heterocycles. The van der Waals surface area contributed by atoms with Crippen LogP contribution < -0.4 is 4.90 Å². The standard InChI is InChI=1S/C16H18N6O2/c1-10-8-14(24-20-10)16(23)22-6-4-21(5-7-22)15-13(9-17)11(2)12(3)18-19-15/h8H,4-7H2,1-3H3. The van der Waals surface area contributed by atoms with E-state index >= 15 is 0 Å². The van der Waals surface area contributed by atoms with Crippen LogP contribution in [0.4, 0.5) is 5.82 Å². The zero-order valence-electron chi connectivity index (χ0n) is 13.9. The third-order valence-corrected chi connectivity index (χ3v) is 4.25. The largest absolute Gasteiger partial charge is 0.351 e. The van der Waals surface area contributed by atoms with E-state index in [1.807, 2.05) is 18.7 Å². The van der Waals surface area contributed by atoms with Crippen LogP contribution in [0.3, 0.4) is 0 Å². The van der Waals surface area contributed by atoms with Crippen LogP contribution in [0.15, 0.2) is 10.6 Å². The molecule has 0 aromatic carbocycles. The zero-order chi connectivity index (χ0) is 17.3. The summed E-state index contributed by atoms with van der Waals surface area (Å²) in [5, 5.41) is 21.5. The minimum Gasteiger partial charge on any atom is -0.351 e. The number of anilines is 1. The quantitative estimate of drug-likeness (QED) is 0.818. The Morgan fingerprint density at radius 2 is 1.92 bits per heavy atom. The van der Waals surface area contributed by atoms with Crippen molar-refractivity contribution < 1.29 is 9.32 Å². The molecule has 124 valence electrons. The third-order valence-electron chi connectivity index (χ3n) is 4.25. The molecule has 1 aliphatic heterocycles. The molecule has 0 radical (unpaired) electrons. The number of carbonyl (C=O) groups excluding carboxylic acids is 1. The fourth-order valence-electron chi connectivity index (χ4n) is 2.69. The lowest BCUT2D eigenvalue weighted by Gasteiger charge is -2.35. The van der Waals surface area contributed by atoms with E-state index in [1.54, 1.807) is 17.9 Å². The molecular weight excluding hydrogens is 308 g/mol. The van der Waals surface area contributed by atoms with Crippen molar-refractivity contribution in [2.75, 3.05) is 31.1 Å². The molecule has 0 N–H and O–H groups in total. The summed E-state index contributed by atoms with van der Waals surface area (Å²) in [6.07, 6.45) is 0. The number of aryl methyl sites for hydroxylation is 2. The summed E-state index contributed by atoms with van der Waals surface area (Å²) in [7, 11) is 0. The van der Waals surface area contributed by atoms with Crippen LogP contribution in [-0.4, -0.2) is 52.3 Å². The molecule has 0 saturated carbocycles. The maximum absolute atomic E-state index is 12.4. The van der Waals surface area contributed by atoms with Gasteiger partial charge in [0.1, 0.15) is 11.6 Å². The fourth-order valence-corrected chi connectivity index (χ4v) is 2.69. The second kappa shape index (κ2) is 6.28. The minimum absolute atomic E-state index is 0.165. The van der Waals surface area contributed by atoms with Crippen molar-refractivity contribution in [3.8, 4) is 6.07 Å². The van der Waals surface area contributed by atoms with Crippen molar-refractivity contribution in [3.63, 3.8) is 0 Å². The van der Waals surface area contributed by atoms with E-state index in [2.05, 4.69) is 21.4 Å². The summed E-state index contributed by atoms with van der Waals surface area (Å²) in [4.78, 5) is 16.1. The van der Waals surface area contributed by atoms with Gasteiger partial charge in [0.15, 0.2) is 5.82 Å². The molecule has 0 bridgehead atoms. The van der Waals surface area contributed by atoms with Crippen LogP contribution in [0.2, 0.25) is 0 Å². The van der Waals surface area contributed by atoms with Crippen molar-refractivity contribution in [2.24, 2.45) is 0 Å². The summed E-state index contributed by atoms with van der Waals surface area (Å²) < 4.78 is 5.04. The van der Waals surface area contributed by atoms with Crippen LogP contribution in [0.5, 0.6) is 0 Å². The molecule has 0 unspecified atom stereocenters. The summed E-state index contributed by atoms with van der Waals surface area (Å²) in [6.45, 7) is 7.71. The topological polar surface area (TPSA) is 99.2 Å². The highest BCUT2D eigenvalue weighted by Crippen LogP contribution is 2.22. The Balaban J connectivity index is 1.73. The SMILES string of the molecule is Cc1cc(C(=O)N2CCN(c3nnc(C)c(C)c3C#N)CC2)on1. The van der Waals surface area contributed by atoms with Crippen molar-refractivity contribution >= 4 is 11.7 Å². The number of hydrogen-bond acceptors (Lipinski definition) is 7. The highest BCUT2D eigenvalue weighted by atomic mass is 16.5. The smallest absolute Gasteiger partial charge is 0.292 e. The van der Waals surface area contributed by atoms with E-state index in [4.69, 9.17) is 4.52 Å². The van der Waals surface area contributed by atoms with Gasteiger partial charge in [0.25, 0.3) is 5.91 Å². The van der Waals surface area contributed by atoms with Gasteiger partial charge in [0.2, 0.25) is 5.76 Å². The molecule has 1 fully saturated rings. The maximum atomic E-state index is 12.4. The predicted molar refractivity (Wildman–Crippen MR) is 85.6 cm³/mol. The Hall–Kier alpha value is -2.95. The Bertz CT molecular complexity index is 814. The summed E-state index contributed by atoms with van der Waals surface area (Å²) in [5.74, 6) is 0.676. The van der Waals surface area contributed by atoms with Gasteiger partial charge in [-0.3, -0.25) is 4.79 Å². The first-order valence-corrected chi connectivity index (χ1v) is 7.72. The summed E-state index contributed by atoms with van der Waals surface area (Å²) in [5.41, 5.74) is 2.83. The Labute approximate surface area is 139 Å². The van der Waals surface area contributed by atoms with E-state index in [9.17, 15) is 10.1 Å². The van der Waals surface area contributed by atoms with Gasteiger partial charge in [-0.05, 0) is 26.3 Å². The first-order chi connectivity index (χ1) is 11.5. The molecule has 8 nitrogen and oxygen atoms in total. The molecular formula is C16H18N6O2. The van der Waals surface area contributed by atoms with E-state index in [0.717, 1.165) is 11.3 Å². The average Bonchev–Trinajstić information content (AvgIpc) is 3.03. The number of nitrogens with zero attached hydrogens (tertiary/aromatic N) is 6. The summed E-state index contributed by atoms with van der Waals surface area (Å²) >= 11 is 0. The first-order valence-electron chi connectivity index (χ1n) is 7.72. The number of amides is 1. The van der Waals surface area contributed by atoms with E-state index in [0.29, 0.717) is 43.3 Å². The molecule has 1 amide bonds. The molecule has 1 aliphatic rings. The van der Waals surface area contributed by atoms with E-state index < -0.39 is 0 Å². The Kier molecular flexibility index (Phi) is 4.16. The van der Waals surface area contributed by atoms with Crippen molar-refractivity contribution in [1.82, 2.24) is 20.3 Å². The lowest BCUT2D eigenvalue weighted by Crippen LogP contribution is -2.49. The van der Waals surface area contributed by atoms with Gasteiger partial charge < -0.3 is 14.3 Å². The van der Waals surface area contributed by atoms with E-state index in [-0.39, 0.29) is 11.7 Å². The number of piperazine rings is 1. The lowest BCUT2D eigenvalue weighted by atomic mass is 10.1. The van der Waals surface area contributed by atoms with Crippen LogP contribution in [0, 0.1) is 32.1 Å². The van der Waals surface area contributed by atoms with Crippen molar-refractivity contribution in [1.29, 1.82) is 5.26 Å². The molecule has 0 spiro atoms. The molecule has 2 aromatic rings. The van der Waals surface area contributed by atoms with E-state index in [1.165, 1.54) is 0 Å². The fraction of sp³-hybridized carbons (Fsp3) is 0.438.